The summed E-state index contributed by atoms with van der Waals surface area (Å²) in [6.07, 6.45) is 0.561. The molecule has 9 nitrogen and oxygen atoms in total. The third kappa shape index (κ3) is 4.26. The Morgan fingerprint density at radius 1 is 1.34 bits per heavy atom. The zero-order valence-electron chi connectivity index (χ0n) is 15.4. The van der Waals surface area contributed by atoms with Gasteiger partial charge in [0.2, 0.25) is 15.9 Å². The van der Waals surface area contributed by atoms with Gasteiger partial charge in [0, 0.05) is 19.0 Å². The number of hydrogen-bond donors (Lipinski definition) is 3. The number of amides is 2. The molecule has 12 heteroatoms. The largest absolute Gasteiger partial charge is 0.364 e. The number of piperidine rings is 1. The number of aromatic nitrogens is 2. The fraction of sp³-hybridized carbons (Fsp3) is 0.353. The monoisotopic (exact) mass is 443 g/mol. The first-order chi connectivity index (χ1) is 13.6. The SMILES string of the molecule is Cc1[nH]nc(C(N)=O)c1NC(=O)C1CCN(S(=O)(=O)c2ccc(F)c(Cl)c2)CC1. The van der Waals surface area contributed by atoms with Gasteiger partial charge in [0.05, 0.1) is 21.3 Å². The van der Waals surface area contributed by atoms with Gasteiger partial charge in [-0.2, -0.15) is 9.40 Å². The van der Waals surface area contributed by atoms with E-state index < -0.39 is 27.7 Å². The molecule has 4 N–H and O–H groups in total. The summed E-state index contributed by atoms with van der Waals surface area (Å²) in [6, 6.07) is 3.22. The zero-order chi connectivity index (χ0) is 21.3. The molecule has 156 valence electrons. The number of rotatable bonds is 5. The number of nitrogens with two attached hydrogens (primary N) is 1. The summed E-state index contributed by atoms with van der Waals surface area (Å²) in [5.74, 6) is -2.28. The topological polar surface area (TPSA) is 138 Å². The molecular weight excluding hydrogens is 425 g/mol. The molecule has 1 aromatic carbocycles. The Hall–Kier alpha value is -2.50. The maximum Gasteiger partial charge on any atom is 0.271 e. The highest BCUT2D eigenvalue weighted by Crippen LogP contribution is 2.27. The Bertz CT molecular complexity index is 1060. The number of carbonyl (C=O) groups excluding carboxylic acids is 2. The fourth-order valence-electron chi connectivity index (χ4n) is 3.13. The predicted molar refractivity (Wildman–Crippen MR) is 103 cm³/mol. The highest BCUT2D eigenvalue weighted by molar-refractivity contribution is 7.89. The second-order valence-electron chi connectivity index (χ2n) is 6.68. The number of halogens is 2. The molecule has 1 aliphatic rings. The number of aryl methyl sites for hydroxylation is 1. The van der Waals surface area contributed by atoms with Crippen LogP contribution in [0.2, 0.25) is 5.02 Å². The van der Waals surface area contributed by atoms with Crippen molar-refractivity contribution in [3.8, 4) is 0 Å². The number of sulfonamides is 1. The average Bonchev–Trinajstić information content (AvgIpc) is 3.04. The highest BCUT2D eigenvalue weighted by Gasteiger charge is 2.33. The van der Waals surface area contributed by atoms with Crippen LogP contribution in [0.1, 0.15) is 29.0 Å². The van der Waals surface area contributed by atoms with E-state index in [9.17, 15) is 22.4 Å². The lowest BCUT2D eigenvalue weighted by atomic mass is 9.97. The van der Waals surface area contributed by atoms with Crippen LogP contribution < -0.4 is 11.1 Å². The standard InChI is InChI=1S/C17H19ClFN5O4S/c1-9-14(15(16(20)25)23-22-9)21-17(26)10-4-6-24(7-5-10)29(27,28)11-2-3-13(19)12(18)8-11/h2-3,8,10H,4-7H2,1H3,(H2,20,25)(H,21,26)(H,22,23). The quantitative estimate of drug-likeness (QED) is 0.644. The lowest BCUT2D eigenvalue weighted by Gasteiger charge is -2.30. The van der Waals surface area contributed by atoms with Gasteiger partial charge in [-0.05, 0) is 38.0 Å². The molecule has 29 heavy (non-hydrogen) atoms. The van der Waals surface area contributed by atoms with Gasteiger partial charge in [0.1, 0.15) is 5.82 Å². The predicted octanol–water partition coefficient (Wildman–Crippen LogP) is 1.65. The first kappa shape index (κ1) is 21.2. The number of nitrogens with one attached hydrogen (secondary N) is 2. The second kappa shape index (κ2) is 8.09. The summed E-state index contributed by atoms with van der Waals surface area (Å²) in [6.45, 7) is 1.86. The summed E-state index contributed by atoms with van der Waals surface area (Å²) in [4.78, 5) is 23.9. The van der Waals surface area contributed by atoms with Crippen molar-refractivity contribution in [2.75, 3.05) is 18.4 Å². The number of carbonyl (C=O) groups is 2. The Kier molecular flexibility index (Phi) is 5.92. The smallest absolute Gasteiger partial charge is 0.271 e. The van der Waals surface area contributed by atoms with Gasteiger partial charge in [-0.25, -0.2) is 12.8 Å². The number of anilines is 1. The molecule has 0 aliphatic carbocycles. The first-order valence-corrected chi connectivity index (χ1v) is 10.5. The van der Waals surface area contributed by atoms with E-state index in [2.05, 4.69) is 15.5 Å². The molecule has 0 atom stereocenters. The molecule has 2 amide bonds. The minimum absolute atomic E-state index is 0.0657. The molecule has 2 heterocycles. The van der Waals surface area contributed by atoms with Gasteiger partial charge >= 0.3 is 0 Å². The number of hydrogen-bond acceptors (Lipinski definition) is 5. The van der Waals surface area contributed by atoms with Gasteiger partial charge in [0.25, 0.3) is 5.91 Å². The van der Waals surface area contributed by atoms with E-state index in [1.54, 1.807) is 6.92 Å². The Labute approximate surface area is 171 Å². The fourth-order valence-corrected chi connectivity index (χ4v) is 4.87. The van der Waals surface area contributed by atoms with Crippen molar-refractivity contribution in [2.24, 2.45) is 11.7 Å². The van der Waals surface area contributed by atoms with Crippen LogP contribution in [-0.2, 0) is 14.8 Å². The van der Waals surface area contributed by atoms with Crippen LogP contribution in [-0.4, -0.2) is 47.8 Å². The van der Waals surface area contributed by atoms with Crippen LogP contribution in [0.15, 0.2) is 23.1 Å². The van der Waals surface area contributed by atoms with E-state index >= 15 is 0 Å². The van der Waals surface area contributed by atoms with Crippen molar-refractivity contribution in [1.29, 1.82) is 0 Å². The van der Waals surface area contributed by atoms with Crippen LogP contribution in [0.4, 0.5) is 10.1 Å². The van der Waals surface area contributed by atoms with E-state index in [4.69, 9.17) is 17.3 Å². The van der Waals surface area contributed by atoms with Crippen LogP contribution in [0.3, 0.4) is 0 Å². The summed E-state index contributed by atoms with van der Waals surface area (Å²) in [7, 11) is -3.85. The molecule has 1 aliphatic heterocycles. The van der Waals surface area contributed by atoms with Gasteiger partial charge in [-0.3, -0.25) is 14.7 Å². The first-order valence-electron chi connectivity index (χ1n) is 8.72. The van der Waals surface area contributed by atoms with Crippen molar-refractivity contribution in [3.05, 3.63) is 40.4 Å². The van der Waals surface area contributed by atoms with Crippen molar-refractivity contribution in [2.45, 2.75) is 24.7 Å². The lowest BCUT2D eigenvalue weighted by molar-refractivity contribution is -0.120. The van der Waals surface area contributed by atoms with Crippen molar-refractivity contribution in [1.82, 2.24) is 14.5 Å². The summed E-state index contributed by atoms with van der Waals surface area (Å²) in [5, 5.41) is 8.73. The highest BCUT2D eigenvalue weighted by atomic mass is 35.5. The molecule has 0 saturated carbocycles. The van der Waals surface area contributed by atoms with Gasteiger partial charge < -0.3 is 11.1 Å². The molecule has 0 unspecified atom stereocenters. The van der Waals surface area contributed by atoms with Crippen LogP contribution in [0, 0.1) is 18.7 Å². The van der Waals surface area contributed by atoms with Gasteiger partial charge in [-0.15, -0.1) is 0 Å². The molecule has 1 saturated heterocycles. The number of primary amides is 1. The second-order valence-corrected chi connectivity index (χ2v) is 9.03. The van der Waals surface area contributed by atoms with Crippen LogP contribution in [0.25, 0.3) is 0 Å². The summed E-state index contributed by atoms with van der Waals surface area (Å²) >= 11 is 5.69. The molecule has 0 bridgehead atoms. The van der Waals surface area contributed by atoms with Crippen molar-refractivity contribution in [3.63, 3.8) is 0 Å². The molecule has 3 rings (SSSR count). The van der Waals surface area contributed by atoms with Crippen molar-refractivity contribution >= 4 is 39.1 Å². The maximum absolute atomic E-state index is 13.3. The molecule has 1 fully saturated rings. The van der Waals surface area contributed by atoms with Gasteiger partial charge in [-0.1, -0.05) is 11.6 Å². The minimum atomic E-state index is -3.85. The summed E-state index contributed by atoms with van der Waals surface area (Å²) in [5.41, 5.74) is 5.89. The number of aromatic amines is 1. The maximum atomic E-state index is 13.3. The minimum Gasteiger partial charge on any atom is -0.364 e. The lowest BCUT2D eigenvalue weighted by Crippen LogP contribution is -2.41. The average molecular weight is 444 g/mol. The van der Waals surface area contributed by atoms with E-state index in [1.165, 1.54) is 4.31 Å². The molecule has 1 aromatic heterocycles. The van der Waals surface area contributed by atoms with Crippen molar-refractivity contribution < 1.29 is 22.4 Å². The molecule has 0 spiro atoms. The van der Waals surface area contributed by atoms with E-state index in [0.717, 1.165) is 18.2 Å². The Morgan fingerprint density at radius 3 is 2.59 bits per heavy atom. The third-order valence-corrected chi connectivity index (χ3v) is 6.97. The van der Waals surface area contributed by atoms with Crippen LogP contribution in [0.5, 0.6) is 0 Å². The van der Waals surface area contributed by atoms with Crippen LogP contribution >= 0.6 is 11.6 Å². The third-order valence-electron chi connectivity index (χ3n) is 4.78. The van der Waals surface area contributed by atoms with E-state index in [1.807, 2.05) is 0 Å². The molecular formula is C17H19ClFN5O4S. The zero-order valence-corrected chi connectivity index (χ0v) is 17.0. The Balaban J connectivity index is 1.67. The summed E-state index contributed by atoms with van der Waals surface area (Å²) < 4.78 is 40.0. The molecule has 2 aromatic rings. The van der Waals surface area contributed by atoms with Gasteiger partial charge in [0.15, 0.2) is 5.69 Å². The van der Waals surface area contributed by atoms with E-state index in [0.29, 0.717) is 5.69 Å². The number of benzene rings is 1. The normalized spacial score (nSPS) is 16.0. The Morgan fingerprint density at radius 2 is 2.00 bits per heavy atom. The number of nitrogens with zero attached hydrogens (tertiary/aromatic N) is 2. The van der Waals surface area contributed by atoms with E-state index in [-0.39, 0.29) is 53.1 Å². The molecule has 0 radical (unpaired) electrons. The number of H-pyrrole nitrogens is 1.